The number of ether oxygens (including phenoxy) is 1. The lowest BCUT2D eigenvalue weighted by Crippen LogP contribution is -2.36. The van der Waals surface area contributed by atoms with Crippen molar-refractivity contribution in [3.63, 3.8) is 0 Å². The quantitative estimate of drug-likeness (QED) is 0.768. The molecule has 0 aliphatic heterocycles. The van der Waals surface area contributed by atoms with Gasteiger partial charge in [-0.2, -0.15) is 0 Å². The van der Waals surface area contributed by atoms with Crippen LogP contribution in [-0.2, 0) is 16.1 Å². The molecule has 1 atom stereocenters. The summed E-state index contributed by atoms with van der Waals surface area (Å²) < 4.78 is 4.75. The maximum atomic E-state index is 12.6. The number of rotatable bonds is 6. The molecule has 0 aliphatic rings. The number of carbonyl (C=O) groups excluding carboxylic acids is 2. The fourth-order valence-corrected chi connectivity index (χ4v) is 2.78. The van der Waals surface area contributed by atoms with Gasteiger partial charge >= 0.3 is 5.97 Å². The van der Waals surface area contributed by atoms with E-state index in [2.05, 4.69) is 4.98 Å². The lowest BCUT2D eigenvalue weighted by atomic mass is 10.1. The first kappa shape index (κ1) is 16.2. The van der Waals surface area contributed by atoms with E-state index >= 15 is 0 Å². The Morgan fingerprint density at radius 3 is 2.64 bits per heavy atom. The molecule has 2 heterocycles. The summed E-state index contributed by atoms with van der Waals surface area (Å²) in [5, 5.41) is 1.86. The Kier molecular flexibility index (Phi) is 5.66. The Bertz CT molecular complexity index is 614. The number of aromatic nitrogens is 1. The van der Waals surface area contributed by atoms with Crippen LogP contribution in [-0.4, -0.2) is 35.4 Å². The molecule has 0 radical (unpaired) electrons. The van der Waals surface area contributed by atoms with Gasteiger partial charge in [-0.05, 0) is 29.1 Å². The highest BCUT2D eigenvalue weighted by Crippen LogP contribution is 2.16. The van der Waals surface area contributed by atoms with Gasteiger partial charge in [0.2, 0.25) is 0 Å². The maximum absolute atomic E-state index is 12.6. The minimum absolute atomic E-state index is 0.0810. The van der Waals surface area contributed by atoms with Gasteiger partial charge in [-0.1, -0.05) is 13.0 Å². The normalized spacial score (nSPS) is 11.7. The third-order valence-corrected chi connectivity index (χ3v) is 4.10. The van der Waals surface area contributed by atoms with Crippen molar-refractivity contribution in [3.8, 4) is 0 Å². The molecule has 6 heteroatoms. The van der Waals surface area contributed by atoms with Gasteiger partial charge in [0.05, 0.1) is 17.9 Å². The van der Waals surface area contributed by atoms with Gasteiger partial charge in [-0.3, -0.25) is 14.6 Å². The number of amides is 1. The number of thiophene rings is 1. The molecule has 2 aromatic rings. The number of carbonyl (C=O) groups is 2. The smallest absolute Gasteiger partial charge is 0.310 e. The molecule has 0 saturated carbocycles. The second-order valence-electron chi connectivity index (χ2n) is 4.94. The summed E-state index contributed by atoms with van der Waals surface area (Å²) in [5.74, 6) is -0.781. The van der Waals surface area contributed by atoms with Gasteiger partial charge in [-0.25, -0.2) is 0 Å². The van der Waals surface area contributed by atoms with Gasteiger partial charge < -0.3 is 9.64 Å². The monoisotopic (exact) mass is 318 g/mol. The molecular weight excluding hydrogens is 300 g/mol. The molecule has 0 N–H and O–H groups in total. The van der Waals surface area contributed by atoms with Crippen molar-refractivity contribution >= 4 is 23.2 Å². The molecule has 2 aromatic heterocycles. The Balaban J connectivity index is 2.16. The van der Waals surface area contributed by atoms with Crippen LogP contribution in [0.25, 0.3) is 0 Å². The lowest BCUT2D eigenvalue weighted by Gasteiger charge is -2.24. The average Bonchev–Trinajstić information content (AvgIpc) is 3.08. The molecular formula is C16H18N2O3S. The van der Waals surface area contributed by atoms with E-state index in [1.165, 1.54) is 18.4 Å². The van der Waals surface area contributed by atoms with E-state index in [-0.39, 0.29) is 17.8 Å². The Morgan fingerprint density at radius 2 is 2.05 bits per heavy atom. The van der Waals surface area contributed by atoms with Crippen LogP contribution in [0.15, 0.2) is 42.0 Å². The summed E-state index contributed by atoms with van der Waals surface area (Å²) >= 11 is 1.39. The molecule has 0 aliphatic carbocycles. The van der Waals surface area contributed by atoms with E-state index < -0.39 is 0 Å². The number of esters is 1. The first-order valence-corrected chi connectivity index (χ1v) is 7.79. The molecule has 0 aromatic carbocycles. The van der Waals surface area contributed by atoms with Crippen molar-refractivity contribution in [2.24, 2.45) is 5.92 Å². The molecule has 0 spiro atoms. The van der Waals surface area contributed by atoms with Crippen molar-refractivity contribution in [1.29, 1.82) is 0 Å². The van der Waals surface area contributed by atoms with Crippen LogP contribution in [0.3, 0.4) is 0 Å². The molecule has 116 valence electrons. The first-order chi connectivity index (χ1) is 10.6. The molecule has 22 heavy (non-hydrogen) atoms. The average molecular weight is 318 g/mol. The predicted molar refractivity (Wildman–Crippen MR) is 84.5 cm³/mol. The highest BCUT2D eigenvalue weighted by atomic mass is 32.1. The number of methoxy groups -OCH3 is 1. The molecule has 2 rings (SSSR count). The zero-order valence-electron chi connectivity index (χ0n) is 12.6. The number of hydrogen-bond donors (Lipinski definition) is 0. The first-order valence-electron chi connectivity index (χ1n) is 6.91. The zero-order valence-corrected chi connectivity index (χ0v) is 13.4. The second kappa shape index (κ2) is 7.70. The standard InChI is InChI=1S/C16H18N2O3S/c1-12(16(20)21-2)10-18(11-13-5-7-17-8-6-13)15(19)14-4-3-9-22-14/h3-9,12H,10-11H2,1-2H3. The number of nitrogens with zero attached hydrogens (tertiary/aromatic N) is 2. The highest BCUT2D eigenvalue weighted by molar-refractivity contribution is 7.12. The summed E-state index contributed by atoms with van der Waals surface area (Å²) in [4.78, 5) is 30.6. The molecule has 1 unspecified atom stereocenters. The van der Waals surface area contributed by atoms with Gasteiger partial charge in [0.25, 0.3) is 5.91 Å². The van der Waals surface area contributed by atoms with E-state index in [1.54, 1.807) is 30.3 Å². The van der Waals surface area contributed by atoms with Crippen molar-refractivity contribution in [3.05, 3.63) is 52.5 Å². The predicted octanol–water partition coefficient (Wildman–Crippen LogP) is 2.59. The fourth-order valence-electron chi connectivity index (χ4n) is 2.09. The molecule has 5 nitrogen and oxygen atoms in total. The molecule has 0 saturated heterocycles. The van der Waals surface area contributed by atoms with Crippen LogP contribution < -0.4 is 0 Å². The van der Waals surface area contributed by atoms with E-state index in [0.717, 1.165) is 5.56 Å². The second-order valence-corrected chi connectivity index (χ2v) is 5.89. The van der Waals surface area contributed by atoms with E-state index in [1.807, 2.05) is 23.6 Å². The van der Waals surface area contributed by atoms with E-state index in [0.29, 0.717) is 18.0 Å². The third kappa shape index (κ3) is 4.14. The summed E-state index contributed by atoms with van der Waals surface area (Å²) in [7, 11) is 1.35. The molecule has 1 amide bonds. The summed E-state index contributed by atoms with van der Waals surface area (Å²) in [6.07, 6.45) is 3.37. The van der Waals surface area contributed by atoms with Crippen molar-refractivity contribution in [1.82, 2.24) is 9.88 Å². The lowest BCUT2D eigenvalue weighted by molar-refractivity contribution is -0.145. The van der Waals surface area contributed by atoms with Crippen LogP contribution in [0.4, 0.5) is 0 Å². The highest BCUT2D eigenvalue weighted by Gasteiger charge is 2.23. The SMILES string of the molecule is COC(=O)C(C)CN(Cc1ccncc1)C(=O)c1cccs1. The Hall–Kier alpha value is -2.21. The van der Waals surface area contributed by atoms with Gasteiger partial charge in [0.15, 0.2) is 0 Å². The van der Waals surface area contributed by atoms with Gasteiger partial charge in [0.1, 0.15) is 0 Å². The minimum Gasteiger partial charge on any atom is -0.469 e. The fraction of sp³-hybridized carbons (Fsp3) is 0.312. The zero-order chi connectivity index (χ0) is 15.9. The van der Waals surface area contributed by atoms with Crippen molar-refractivity contribution in [2.45, 2.75) is 13.5 Å². The Labute approximate surface area is 133 Å². The molecule has 0 fully saturated rings. The van der Waals surface area contributed by atoms with Gasteiger partial charge in [0, 0.05) is 25.5 Å². The van der Waals surface area contributed by atoms with Crippen LogP contribution in [0.2, 0.25) is 0 Å². The van der Waals surface area contributed by atoms with Crippen molar-refractivity contribution in [2.75, 3.05) is 13.7 Å². The molecule has 0 bridgehead atoms. The Morgan fingerprint density at radius 1 is 1.32 bits per heavy atom. The number of hydrogen-bond acceptors (Lipinski definition) is 5. The third-order valence-electron chi connectivity index (χ3n) is 3.24. The van der Waals surface area contributed by atoms with Crippen LogP contribution >= 0.6 is 11.3 Å². The van der Waals surface area contributed by atoms with Gasteiger partial charge in [-0.15, -0.1) is 11.3 Å². The minimum atomic E-state index is -0.379. The largest absolute Gasteiger partial charge is 0.469 e. The van der Waals surface area contributed by atoms with Crippen molar-refractivity contribution < 1.29 is 14.3 Å². The van der Waals surface area contributed by atoms with Crippen LogP contribution in [0.1, 0.15) is 22.2 Å². The van der Waals surface area contributed by atoms with E-state index in [9.17, 15) is 9.59 Å². The summed E-state index contributed by atoms with van der Waals surface area (Å²) in [5.41, 5.74) is 0.969. The van der Waals surface area contributed by atoms with Crippen LogP contribution in [0.5, 0.6) is 0 Å². The topological polar surface area (TPSA) is 59.5 Å². The number of pyridine rings is 1. The van der Waals surface area contributed by atoms with E-state index in [4.69, 9.17) is 4.74 Å². The maximum Gasteiger partial charge on any atom is 0.310 e. The summed E-state index contributed by atoms with van der Waals surface area (Å²) in [6.45, 7) is 2.50. The van der Waals surface area contributed by atoms with Crippen LogP contribution in [0, 0.1) is 5.92 Å². The summed E-state index contributed by atoms with van der Waals surface area (Å²) in [6, 6.07) is 7.34.